The summed E-state index contributed by atoms with van der Waals surface area (Å²) >= 11 is 0. The van der Waals surface area contributed by atoms with Crippen LogP contribution < -0.4 is 5.73 Å². The van der Waals surface area contributed by atoms with Crippen molar-refractivity contribution in [2.75, 3.05) is 5.73 Å². The Labute approximate surface area is 168 Å². The van der Waals surface area contributed by atoms with Gasteiger partial charge in [0, 0.05) is 18.5 Å². The number of nitrogens with two attached hydrogens (primary N) is 1. The highest BCUT2D eigenvalue weighted by atomic mass is 15.1. The molecule has 0 unspecified atom stereocenters. The van der Waals surface area contributed by atoms with Crippen molar-refractivity contribution < 1.29 is 0 Å². The van der Waals surface area contributed by atoms with Gasteiger partial charge < -0.3 is 10.3 Å². The van der Waals surface area contributed by atoms with Crippen molar-refractivity contribution in [2.24, 2.45) is 0 Å². The van der Waals surface area contributed by atoms with Crippen LogP contribution in [-0.2, 0) is 25.8 Å². The molecule has 0 radical (unpaired) electrons. The first-order chi connectivity index (χ1) is 13.6. The zero-order chi connectivity index (χ0) is 20.1. The number of hydrogen-bond acceptors (Lipinski definition) is 3. The van der Waals surface area contributed by atoms with Crippen molar-refractivity contribution in [3.8, 4) is 0 Å². The molecular weight excluding hydrogens is 344 g/mol. The maximum Gasteiger partial charge on any atom is 0.151 e. The first kappa shape index (κ1) is 20.1. The van der Waals surface area contributed by atoms with E-state index in [0.717, 1.165) is 66.8 Å². The fourth-order valence-electron chi connectivity index (χ4n) is 3.72. The highest BCUT2D eigenvalue weighted by Crippen LogP contribution is 2.29. The lowest BCUT2D eigenvalue weighted by atomic mass is 10.1. The molecule has 0 amide bonds. The average Bonchev–Trinajstić information content (AvgIpc) is 3.07. The minimum absolute atomic E-state index is 0.540. The molecule has 0 spiro atoms. The quantitative estimate of drug-likeness (QED) is 0.560. The normalized spacial score (nSPS) is 11.7. The van der Waals surface area contributed by atoms with Crippen LogP contribution in [0.4, 0.5) is 5.82 Å². The van der Waals surface area contributed by atoms with Gasteiger partial charge >= 0.3 is 0 Å². The summed E-state index contributed by atoms with van der Waals surface area (Å²) in [7, 11) is 0. The number of nitrogen functional groups attached to an aromatic ring is 1. The second-order valence-electron chi connectivity index (χ2n) is 7.30. The molecule has 2 heterocycles. The molecule has 148 valence electrons. The van der Waals surface area contributed by atoms with Gasteiger partial charge in [0.05, 0.1) is 11.2 Å². The van der Waals surface area contributed by atoms with Crippen LogP contribution in [0.1, 0.15) is 68.7 Å². The number of rotatable bonds is 8. The van der Waals surface area contributed by atoms with Crippen LogP contribution in [0.2, 0.25) is 0 Å². The Morgan fingerprint density at radius 3 is 2.32 bits per heavy atom. The average molecular weight is 377 g/mol. The SMILES string of the molecule is C/C=C\c1c(CC)nc(N)c2nc(CCCC)n(Cc3ccc(CC)cc3)c12. The number of fused-ring (bicyclic) bond motifs is 1. The third-order valence-electron chi connectivity index (χ3n) is 5.30. The Bertz CT molecular complexity index is 965. The fourth-order valence-corrected chi connectivity index (χ4v) is 3.72. The van der Waals surface area contributed by atoms with Gasteiger partial charge in [-0.3, -0.25) is 0 Å². The van der Waals surface area contributed by atoms with Crippen LogP contribution in [0.5, 0.6) is 0 Å². The van der Waals surface area contributed by atoms with Crippen molar-refractivity contribution in [3.05, 3.63) is 58.6 Å². The summed E-state index contributed by atoms with van der Waals surface area (Å²) in [6, 6.07) is 8.91. The Morgan fingerprint density at radius 2 is 1.71 bits per heavy atom. The second kappa shape index (κ2) is 9.05. The largest absolute Gasteiger partial charge is 0.382 e. The predicted octanol–water partition coefficient (Wildman–Crippen LogP) is 5.56. The molecule has 0 aliphatic carbocycles. The number of imidazole rings is 1. The molecule has 1 aromatic carbocycles. The molecule has 2 aromatic heterocycles. The van der Waals surface area contributed by atoms with Crippen LogP contribution in [0.3, 0.4) is 0 Å². The topological polar surface area (TPSA) is 56.7 Å². The molecule has 4 heteroatoms. The predicted molar refractivity (Wildman–Crippen MR) is 120 cm³/mol. The summed E-state index contributed by atoms with van der Waals surface area (Å²) in [5.41, 5.74) is 13.1. The monoisotopic (exact) mass is 376 g/mol. The van der Waals surface area contributed by atoms with Crippen LogP contribution in [-0.4, -0.2) is 14.5 Å². The minimum atomic E-state index is 0.540. The van der Waals surface area contributed by atoms with Crippen LogP contribution in [0.15, 0.2) is 30.3 Å². The van der Waals surface area contributed by atoms with Gasteiger partial charge in [0.2, 0.25) is 0 Å². The highest BCUT2D eigenvalue weighted by Gasteiger charge is 2.19. The number of hydrogen-bond donors (Lipinski definition) is 1. The molecule has 0 fully saturated rings. The summed E-state index contributed by atoms with van der Waals surface area (Å²) in [6.45, 7) is 9.38. The minimum Gasteiger partial charge on any atom is -0.382 e. The van der Waals surface area contributed by atoms with Gasteiger partial charge in [-0.1, -0.05) is 63.6 Å². The maximum absolute atomic E-state index is 6.33. The van der Waals surface area contributed by atoms with Crippen LogP contribution in [0, 0.1) is 0 Å². The van der Waals surface area contributed by atoms with E-state index in [1.54, 1.807) is 0 Å². The first-order valence-corrected chi connectivity index (χ1v) is 10.5. The number of nitrogens with zero attached hydrogens (tertiary/aromatic N) is 3. The third kappa shape index (κ3) is 3.96. The standard InChI is InChI=1S/C24H32N4/c1-5-9-11-21-27-22-23(19(10-6-2)20(8-4)26-24(22)25)28(21)16-18-14-12-17(7-3)13-15-18/h6,10,12-15H,5,7-9,11,16H2,1-4H3,(H2,25,26)/b10-6-. The summed E-state index contributed by atoms with van der Waals surface area (Å²) in [5.74, 6) is 1.64. The van der Waals surface area contributed by atoms with E-state index in [0.29, 0.717) is 5.82 Å². The molecule has 4 nitrogen and oxygen atoms in total. The van der Waals surface area contributed by atoms with E-state index in [9.17, 15) is 0 Å². The van der Waals surface area contributed by atoms with E-state index in [-0.39, 0.29) is 0 Å². The summed E-state index contributed by atoms with van der Waals surface area (Å²) in [6.07, 6.45) is 9.34. The number of unbranched alkanes of at least 4 members (excludes halogenated alkanes) is 1. The van der Waals surface area contributed by atoms with E-state index in [4.69, 9.17) is 10.7 Å². The van der Waals surface area contributed by atoms with Crippen LogP contribution >= 0.6 is 0 Å². The zero-order valence-electron chi connectivity index (χ0n) is 17.6. The van der Waals surface area contributed by atoms with Gasteiger partial charge in [0.25, 0.3) is 0 Å². The first-order valence-electron chi connectivity index (χ1n) is 10.5. The Morgan fingerprint density at radius 1 is 1.00 bits per heavy atom. The van der Waals surface area contributed by atoms with E-state index in [2.05, 4.69) is 66.7 Å². The third-order valence-corrected chi connectivity index (χ3v) is 5.30. The number of anilines is 1. The molecular formula is C24H32N4. The number of aryl methyl sites for hydroxylation is 3. The molecule has 2 N–H and O–H groups in total. The van der Waals surface area contributed by atoms with Crippen molar-refractivity contribution in [1.29, 1.82) is 0 Å². The number of pyridine rings is 1. The second-order valence-corrected chi connectivity index (χ2v) is 7.30. The number of benzene rings is 1. The van der Waals surface area contributed by atoms with Gasteiger partial charge in [-0.05, 0) is 37.3 Å². The Hall–Kier alpha value is -2.62. The van der Waals surface area contributed by atoms with Gasteiger partial charge in [-0.2, -0.15) is 0 Å². The molecule has 0 atom stereocenters. The fraction of sp³-hybridized carbons (Fsp3) is 0.417. The van der Waals surface area contributed by atoms with Gasteiger partial charge in [0.15, 0.2) is 5.82 Å². The van der Waals surface area contributed by atoms with Crippen molar-refractivity contribution in [2.45, 2.75) is 66.3 Å². The van der Waals surface area contributed by atoms with Gasteiger partial charge in [-0.25, -0.2) is 9.97 Å². The molecule has 0 saturated heterocycles. The van der Waals surface area contributed by atoms with Crippen LogP contribution in [0.25, 0.3) is 17.1 Å². The van der Waals surface area contributed by atoms with Crippen molar-refractivity contribution in [3.63, 3.8) is 0 Å². The van der Waals surface area contributed by atoms with E-state index in [1.165, 1.54) is 11.1 Å². The van der Waals surface area contributed by atoms with Gasteiger partial charge in [-0.15, -0.1) is 0 Å². The lowest BCUT2D eigenvalue weighted by Gasteiger charge is -2.13. The maximum atomic E-state index is 6.33. The molecule has 0 aliphatic rings. The summed E-state index contributed by atoms with van der Waals surface area (Å²) in [5, 5.41) is 0. The molecule has 0 saturated carbocycles. The number of allylic oxidation sites excluding steroid dienone is 1. The van der Waals surface area contributed by atoms with Gasteiger partial charge in [0.1, 0.15) is 11.3 Å². The van der Waals surface area contributed by atoms with Crippen molar-refractivity contribution >= 4 is 22.9 Å². The van der Waals surface area contributed by atoms with Crippen molar-refractivity contribution in [1.82, 2.24) is 14.5 Å². The molecule has 28 heavy (non-hydrogen) atoms. The highest BCUT2D eigenvalue weighted by molar-refractivity contribution is 5.93. The molecule has 0 bridgehead atoms. The molecule has 3 aromatic rings. The lowest BCUT2D eigenvalue weighted by molar-refractivity contribution is 0.689. The van der Waals surface area contributed by atoms with E-state index in [1.807, 2.05) is 6.92 Å². The number of aromatic nitrogens is 3. The smallest absolute Gasteiger partial charge is 0.151 e. The molecule has 0 aliphatic heterocycles. The molecule has 3 rings (SSSR count). The zero-order valence-corrected chi connectivity index (χ0v) is 17.6. The lowest BCUT2D eigenvalue weighted by Crippen LogP contribution is -2.08. The summed E-state index contributed by atoms with van der Waals surface area (Å²) in [4.78, 5) is 9.59. The Balaban J connectivity index is 2.21. The van der Waals surface area contributed by atoms with E-state index >= 15 is 0 Å². The van der Waals surface area contributed by atoms with E-state index < -0.39 is 0 Å². The summed E-state index contributed by atoms with van der Waals surface area (Å²) < 4.78 is 2.36. The Kier molecular flexibility index (Phi) is 6.50.